The van der Waals surface area contributed by atoms with Gasteiger partial charge in [-0.3, -0.25) is 0 Å². The fourth-order valence-corrected chi connectivity index (χ4v) is 0.995. The molecule has 76 valence electrons. The Balaban J connectivity index is 2.68. The summed E-state index contributed by atoms with van der Waals surface area (Å²) < 4.78 is 25.5. The van der Waals surface area contributed by atoms with Gasteiger partial charge in [-0.15, -0.1) is 0 Å². The highest BCUT2D eigenvalue weighted by atomic mass is 35.5. The summed E-state index contributed by atoms with van der Waals surface area (Å²) in [5.74, 6) is -1.28. The summed E-state index contributed by atoms with van der Waals surface area (Å²) in [4.78, 5) is 0. The van der Waals surface area contributed by atoms with Gasteiger partial charge in [-0.25, -0.2) is 8.78 Å². The predicted octanol–water partition coefficient (Wildman–Crippen LogP) is 3.70. The molecule has 0 aliphatic heterocycles. The molecule has 1 nitrogen and oxygen atoms in total. The van der Waals surface area contributed by atoms with Crippen LogP contribution in [0.2, 0.25) is 0 Å². The number of hydrogen-bond acceptors (Lipinski definition) is 1. The molecular formula is C9H7Cl2F2N. The second-order valence-corrected chi connectivity index (χ2v) is 3.24. The number of hydrogen-bond donors (Lipinski definition) is 1. The van der Waals surface area contributed by atoms with Gasteiger partial charge in [0.25, 0.3) is 0 Å². The predicted molar refractivity (Wildman–Crippen MR) is 54.6 cm³/mol. The summed E-state index contributed by atoms with van der Waals surface area (Å²) in [6, 6.07) is 3.24. The molecule has 0 heterocycles. The van der Waals surface area contributed by atoms with Crippen molar-refractivity contribution in [1.29, 1.82) is 0 Å². The maximum absolute atomic E-state index is 13.0. The van der Waals surface area contributed by atoms with Gasteiger partial charge < -0.3 is 5.32 Å². The maximum atomic E-state index is 13.0. The van der Waals surface area contributed by atoms with Crippen LogP contribution in [0.4, 0.5) is 14.5 Å². The Morgan fingerprint density at radius 2 is 2.14 bits per heavy atom. The van der Waals surface area contributed by atoms with Gasteiger partial charge in [0.05, 0.1) is 12.2 Å². The molecule has 1 N–H and O–H groups in total. The van der Waals surface area contributed by atoms with Crippen LogP contribution < -0.4 is 5.32 Å². The van der Waals surface area contributed by atoms with Gasteiger partial charge in [-0.2, -0.15) is 0 Å². The molecule has 0 aliphatic carbocycles. The monoisotopic (exact) mass is 237 g/mol. The summed E-state index contributed by atoms with van der Waals surface area (Å²) in [6.07, 6.45) is 0. The molecule has 0 bridgehead atoms. The van der Waals surface area contributed by atoms with Crippen molar-refractivity contribution in [2.75, 3.05) is 11.9 Å². The van der Waals surface area contributed by atoms with Crippen LogP contribution in [0.3, 0.4) is 0 Å². The Kier molecular flexibility index (Phi) is 4.17. The van der Waals surface area contributed by atoms with Crippen molar-refractivity contribution in [2.45, 2.75) is 0 Å². The van der Waals surface area contributed by atoms with E-state index in [1.54, 1.807) is 0 Å². The van der Waals surface area contributed by atoms with Gasteiger partial charge in [0, 0.05) is 16.6 Å². The van der Waals surface area contributed by atoms with Crippen LogP contribution in [0.1, 0.15) is 0 Å². The first-order valence-electron chi connectivity index (χ1n) is 3.77. The highest BCUT2D eigenvalue weighted by Crippen LogP contribution is 2.15. The SMILES string of the molecule is Fc1ccc(NCC(Cl)=CCl)c(F)c1. The molecule has 0 amide bonds. The smallest absolute Gasteiger partial charge is 0.149 e. The van der Waals surface area contributed by atoms with Crippen LogP contribution in [0.25, 0.3) is 0 Å². The van der Waals surface area contributed by atoms with Gasteiger partial charge in [-0.05, 0) is 12.1 Å². The Labute approximate surface area is 90.3 Å². The summed E-state index contributed by atoms with van der Waals surface area (Å²) in [5, 5.41) is 3.01. The van der Waals surface area contributed by atoms with Crippen molar-refractivity contribution in [3.05, 3.63) is 40.4 Å². The van der Waals surface area contributed by atoms with E-state index in [0.717, 1.165) is 12.1 Å². The van der Waals surface area contributed by atoms with Crippen LogP contribution in [-0.2, 0) is 0 Å². The number of anilines is 1. The molecule has 1 aromatic carbocycles. The minimum absolute atomic E-state index is 0.183. The first-order valence-corrected chi connectivity index (χ1v) is 4.58. The Morgan fingerprint density at radius 3 is 2.71 bits per heavy atom. The molecule has 0 fully saturated rings. The highest BCUT2D eigenvalue weighted by molar-refractivity contribution is 6.36. The van der Waals surface area contributed by atoms with Crippen LogP contribution in [-0.4, -0.2) is 6.54 Å². The van der Waals surface area contributed by atoms with Crippen LogP contribution in [0.5, 0.6) is 0 Å². The molecule has 5 heteroatoms. The molecule has 1 rings (SSSR count). The van der Waals surface area contributed by atoms with Crippen LogP contribution >= 0.6 is 23.2 Å². The molecule has 0 radical (unpaired) electrons. The lowest BCUT2D eigenvalue weighted by molar-refractivity contribution is 0.585. The first-order chi connectivity index (χ1) is 6.63. The van der Waals surface area contributed by atoms with E-state index in [-0.39, 0.29) is 12.2 Å². The molecule has 0 aliphatic rings. The third-order valence-corrected chi connectivity index (χ3v) is 2.12. The largest absolute Gasteiger partial charge is 0.378 e. The van der Waals surface area contributed by atoms with Gasteiger partial charge in [0.1, 0.15) is 11.6 Å². The summed E-state index contributed by atoms with van der Waals surface area (Å²) in [7, 11) is 0. The lowest BCUT2D eigenvalue weighted by atomic mass is 10.3. The van der Waals surface area contributed by atoms with Crippen molar-refractivity contribution in [3.8, 4) is 0 Å². The molecule has 1 aromatic rings. The fraction of sp³-hybridized carbons (Fsp3) is 0.111. The molecule has 0 unspecified atom stereocenters. The van der Waals surface area contributed by atoms with Crippen LogP contribution in [0, 0.1) is 11.6 Å². The van der Waals surface area contributed by atoms with E-state index in [2.05, 4.69) is 5.32 Å². The van der Waals surface area contributed by atoms with Crippen molar-refractivity contribution >= 4 is 28.9 Å². The third-order valence-electron chi connectivity index (χ3n) is 1.50. The molecular weight excluding hydrogens is 231 g/mol. The number of halogens is 4. The molecule has 0 aromatic heterocycles. The lowest BCUT2D eigenvalue weighted by Gasteiger charge is -2.05. The van der Waals surface area contributed by atoms with Crippen molar-refractivity contribution in [2.24, 2.45) is 0 Å². The lowest BCUT2D eigenvalue weighted by Crippen LogP contribution is -2.03. The zero-order valence-corrected chi connectivity index (χ0v) is 8.54. The molecule has 0 atom stereocenters. The third kappa shape index (κ3) is 3.16. The summed E-state index contributed by atoms with van der Waals surface area (Å²) in [5.41, 5.74) is 1.36. The van der Waals surface area contributed by atoms with Gasteiger partial charge in [0.15, 0.2) is 0 Å². The van der Waals surface area contributed by atoms with Gasteiger partial charge in [0.2, 0.25) is 0 Å². The van der Waals surface area contributed by atoms with E-state index in [4.69, 9.17) is 23.2 Å². The van der Waals surface area contributed by atoms with Gasteiger partial charge >= 0.3 is 0 Å². The zero-order chi connectivity index (χ0) is 10.6. The van der Waals surface area contributed by atoms with E-state index < -0.39 is 11.6 Å². The number of benzene rings is 1. The molecule has 0 saturated carbocycles. The molecule has 0 saturated heterocycles. The first kappa shape index (κ1) is 11.3. The summed E-state index contributed by atoms with van der Waals surface area (Å²) in [6.45, 7) is 0.202. The topological polar surface area (TPSA) is 12.0 Å². The van der Waals surface area contributed by atoms with E-state index in [1.165, 1.54) is 11.6 Å². The molecule has 14 heavy (non-hydrogen) atoms. The van der Waals surface area contributed by atoms with Crippen molar-refractivity contribution in [3.63, 3.8) is 0 Å². The van der Waals surface area contributed by atoms with E-state index in [0.29, 0.717) is 5.03 Å². The Morgan fingerprint density at radius 1 is 1.43 bits per heavy atom. The van der Waals surface area contributed by atoms with E-state index in [1.807, 2.05) is 0 Å². The zero-order valence-electron chi connectivity index (χ0n) is 7.03. The quantitative estimate of drug-likeness (QED) is 0.846. The minimum Gasteiger partial charge on any atom is -0.378 e. The number of nitrogens with one attached hydrogen (secondary N) is 1. The second-order valence-electron chi connectivity index (χ2n) is 2.53. The fourth-order valence-electron chi connectivity index (χ4n) is 0.851. The molecule has 0 spiro atoms. The average molecular weight is 238 g/mol. The van der Waals surface area contributed by atoms with E-state index in [9.17, 15) is 8.78 Å². The standard InChI is InChI=1S/C9H7Cl2F2N/c10-4-6(11)5-14-9-2-1-7(12)3-8(9)13/h1-4,14H,5H2. The van der Waals surface area contributed by atoms with Crippen molar-refractivity contribution < 1.29 is 8.78 Å². The van der Waals surface area contributed by atoms with E-state index >= 15 is 0 Å². The average Bonchev–Trinajstić information content (AvgIpc) is 2.16. The minimum atomic E-state index is -0.663. The number of rotatable bonds is 3. The maximum Gasteiger partial charge on any atom is 0.149 e. The summed E-state index contributed by atoms with van der Waals surface area (Å²) >= 11 is 10.9. The van der Waals surface area contributed by atoms with Crippen LogP contribution in [0.15, 0.2) is 28.8 Å². The second kappa shape index (κ2) is 5.17. The normalized spacial score (nSPS) is 11.6. The Bertz CT molecular complexity index is 353. The highest BCUT2D eigenvalue weighted by Gasteiger charge is 2.02. The van der Waals surface area contributed by atoms with Gasteiger partial charge in [-0.1, -0.05) is 23.2 Å². The Hall–Kier alpha value is -0.800. The van der Waals surface area contributed by atoms with Crippen molar-refractivity contribution in [1.82, 2.24) is 0 Å².